The molecule has 1 saturated heterocycles. The number of carboxylic acid groups (broad SMARTS) is 1. The van der Waals surface area contributed by atoms with Crippen molar-refractivity contribution in [2.24, 2.45) is 0 Å². The van der Waals surface area contributed by atoms with Gasteiger partial charge in [-0.05, 0) is 62.3 Å². The minimum absolute atomic E-state index is 0.724. The Morgan fingerprint density at radius 1 is 0.788 bits per heavy atom. The molecule has 0 spiro atoms. The molecule has 1 rings (SSSR count). The van der Waals surface area contributed by atoms with Crippen molar-refractivity contribution in [3.05, 3.63) is 0 Å². The van der Waals surface area contributed by atoms with Gasteiger partial charge >= 0.3 is 5.97 Å². The molecule has 9 atom stereocenters. The normalized spacial score (nSPS) is 44.8. The first-order valence-electron chi connectivity index (χ1n) is 10.4. The van der Waals surface area contributed by atoms with Crippen LogP contribution in [0, 0.1) is 0 Å². The van der Waals surface area contributed by atoms with Crippen molar-refractivity contribution in [1.82, 2.24) is 0 Å². The average Bonchev–Trinajstić information content (AvgIpc) is 2.64. The van der Waals surface area contributed by atoms with E-state index in [0.717, 1.165) is 41.5 Å². The Kier molecular flexibility index (Phi) is 7.10. The van der Waals surface area contributed by atoms with Gasteiger partial charge in [0, 0.05) is 0 Å². The van der Waals surface area contributed by atoms with Crippen molar-refractivity contribution in [2.75, 3.05) is 13.2 Å². The zero-order valence-electron chi connectivity index (χ0n) is 20.7. The van der Waals surface area contributed by atoms with E-state index in [1.807, 2.05) is 0 Å². The van der Waals surface area contributed by atoms with Crippen LogP contribution in [0.15, 0.2) is 0 Å². The molecule has 0 amide bonds. The predicted octanol–water partition coefficient (Wildman–Crippen LogP) is -2.16. The third kappa shape index (κ3) is 3.71. The van der Waals surface area contributed by atoms with Crippen molar-refractivity contribution in [2.45, 2.75) is 113 Å². The highest BCUT2D eigenvalue weighted by Gasteiger charge is 2.74. The fourth-order valence-corrected chi connectivity index (χ4v) is 4.11. The summed E-state index contributed by atoms with van der Waals surface area (Å²) in [5.41, 5.74) is -19.2. The first kappa shape index (κ1) is 30.1. The second kappa shape index (κ2) is 7.79. The Morgan fingerprint density at radius 2 is 1.18 bits per heavy atom. The molecule has 0 aliphatic carbocycles. The molecule has 1 aliphatic rings. The number of carbonyl (C=O) groups is 1. The molecule has 0 saturated carbocycles. The van der Waals surface area contributed by atoms with Crippen LogP contribution in [-0.2, 0) is 14.3 Å². The van der Waals surface area contributed by atoms with E-state index < -0.39 is 69.8 Å². The number of hydrogen-bond acceptors (Lipinski definition) is 11. The smallest absolute Gasteiger partial charge is 0.338 e. The second-order valence-corrected chi connectivity index (χ2v) is 10.7. The zero-order valence-corrected chi connectivity index (χ0v) is 20.7. The number of aliphatic hydroxyl groups is 8. The molecule has 12 nitrogen and oxygen atoms in total. The molecule has 33 heavy (non-hydrogen) atoms. The van der Waals surface area contributed by atoms with E-state index in [9.17, 15) is 50.8 Å². The molecule has 1 aliphatic heterocycles. The lowest BCUT2D eigenvalue weighted by atomic mass is 9.58. The minimum atomic E-state index is -2.93. The third-order valence-corrected chi connectivity index (χ3v) is 8.55. The van der Waals surface area contributed by atoms with Gasteiger partial charge in [0.05, 0.1) is 13.2 Å². The first-order valence-corrected chi connectivity index (χ1v) is 10.4. The second-order valence-electron chi connectivity index (χ2n) is 10.7. The van der Waals surface area contributed by atoms with E-state index in [1.165, 1.54) is 20.8 Å². The van der Waals surface area contributed by atoms with Crippen LogP contribution in [0.25, 0.3) is 0 Å². The summed E-state index contributed by atoms with van der Waals surface area (Å²) < 4.78 is 11.3. The molecule has 9 unspecified atom stereocenters. The molecule has 1 heterocycles. The molecule has 9 N–H and O–H groups in total. The molecular weight excluding hydrogens is 444 g/mol. The summed E-state index contributed by atoms with van der Waals surface area (Å²) in [4.78, 5) is 11.4. The van der Waals surface area contributed by atoms with Crippen molar-refractivity contribution < 1.29 is 60.2 Å². The lowest BCUT2D eigenvalue weighted by Crippen LogP contribution is -2.85. The topological polar surface area (TPSA) is 218 Å². The van der Waals surface area contributed by atoms with E-state index >= 15 is 0 Å². The van der Waals surface area contributed by atoms with Gasteiger partial charge in [0.2, 0.25) is 0 Å². The van der Waals surface area contributed by atoms with Gasteiger partial charge in [-0.1, -0.05) is 0 Å². The molecule has 0 bridgehead atoms. The van der Waals surface area contributed by atoms with Crippen LogP contribution in [0.5, 0.6) is 0 Å². The molecular formula is C21H40O12. The van der Waals surface area contributed by atoms with Crippen molar-refractivity contribution in [3.63, 3.8) is 0 Å². The number of aliphatic hydroxyl groups excluding tert-OH is 1. The number of ether oxygens (including phenoxy) is 2. The van der Waals surface area contributed by atoms with Crippen LogP contribution < -0.4 is 0 Å². The summed E-state index contributed by atoms with van der Waals surface area (Å²) >= 11 is 0. The highest BCUT2D eigenvalue weighted by molar-refractivity contribution is 5.78. The summed E-state index contributed by atoms with van der Waals surface area (Å²) in [5, 5.41) is 95.4. The van der Waals surface area contributed by atoms with Gasteiger partial charge in [-0.25, -0.2) is 4.79 Å². The fourth-order valence-electron chi connectivity index (χ4n) is 4.11. The average molecular weight is 485 g/mol. The van der Waals surface area contributed by atoms with Gasteiger partial charge in [0.1, 0.15) is 39.2 Å². The van der Waals surface area contributed by atoms with E-state index in [2.05, 4.69) is 0 Å². The van der Waals surface area contributed by atoms with Crippen LogP contribution >= 0.6 is 0 Å². The number of carboxylic acids is 1. The van der Waals surface area contributed by atoms with Crippen molar-refractivity contribution >= 4 is 5.97 Å². The van der Waals surface area contributed by atoms with Gasteiger partial charge in [-0.15, -0.1) is 0 Å². The van der Waals surface area contributed by atoms with Gasteiger partial charge in [-0.2, -0.15) is 0 Å². The monoisotopic (exact) mass is 484 g/mol. The Morgan fingerprint density at radius 3 is 1.55 bits per heavy atom. The van der Waals surface area contributed by atoms with Gasteiger partial charge in [-0.3, -0.25) is 0 Å². The quantitative estimate of drug-likeness (QED) is 0.168. The number of hydrogen-bond donors (Lipinski definition) is 9. The maximum absolute atomic E-state index is 11.4. The van der Waals surface area contributed by atoms with Crippen LogP contribution in [0.2, 0.25) is 0 Å². The molecule has 1 fully saturated rings. The fraction of sp³-hybridized carbons (Fsp3) is 0.952. The van der Waals surface area contributed by atoms with Crippen LogP contribution in [0.4, 0.5) is 0 Å². The molecule has 0 aromatic rings. The summed E-state index contributed by atoms with van der Waals surface area (Å²) in [6.45, 7) is 7.66. The molecule has 12 heteroatoms. The predicted molar refractivity (Wildman–Crippen MR) is 113 cm³/mol. The SMILES string of the molecule is CC(O)(OCC1(C)OC(C)(CO)C(C)(O)C(C)(O)C1(C)O)C(C)(O)C(C)(O)C(C)(O)C(=O)O. The summed E-state index contributed by atoms with van der Waals surface area (Å²) in [7, 11) is 0. The minimum Gasteiger partial charge on any atom is -0.479 e. The largest absolute Gasteiger partial charge is 0.479 e. The molecule has 196 valence electrons. The summed E-state index contributed by atoms with van der Waals surface area (Å²) in [6, 6.07) is 0. The van der Waals surface area contributed by atoms with Crippen molar-refractivity contribution in [3.8, 4) is 0 Å². The summed E-state index contributed by atoms with van der Waals surface area (Å²) in [6.07, 6.45) is 0. The Labute approximate surface area is 193 Å². The highest BCUT2D eigenvalue weighted by Crippen LogP contribution is 2.54. The van der Waals surface area contributed by atoms with Gasteiger partial charge in [0.15, 0.2) is 11.4 Å². The van der Waals surface area contributed by atoms with Crippen molar-refractivity contribution in [1.29, 1.82) is 0 Å². The van der Waals surface area contributed by atoms with Crippen LogP contribution in [-0.4, -0.2) is 116 Å². The number of aliphatic carboxylic acids is 1. The Hall–Kier alpha value is -0.930. The maximum Gasteiger partial charge on any atom is 0.338 e. The molecule has 0 radical (unpaired) electrons. The molecule has 0 aromatic heterocycles. The van der Waals surface area contributed by atoms with E-state index in [0.29, 0.717) is 0 Å². The summed E-state index contributed by atoms with van der Waals surface area (Å²) in [5.74, 6) is -4.65. The first-order chi connectivity index (χ1) is 14.2. The van der Waals surface area contributed by atoms with E-state index in [1.54, 1.807) is 0 Å². The van der Waals surface area contributed by atoms with Gasteiger partial charge in [0.25, 0.3) is 0 Å². The van der Waals surface area contributed by atoms with Crippen LogP contribution in [0.1, 0.15) is 62.3 Å². The van der Waals surface area contributed by atoms with E-state index in [-0.39, 0.29) is 0 Å². The highest BCUT2D eigenvalue weighted by atomic mass is 16.7. The lowest BCUT2D eigenvalue weighted by molar-refractivity contribution is -0.421. The van der Waals surface area contributed by atoms with E-state index in [4.69, 9.17) is 9.47 Å². The van der Waals surface area contributed by atoms with Crippen LogP contribution in [0.3, 0.4) is 0 Å². The standard InChI is InChI=1S/C21H40O12/c1-13(10-22)16(4,26)19(7,29)17(5,27)14(2,33-13)11-32-21(9,31)20(8,30)18(6,28)15(3,25)12(23)24/h22,25-31H,10-11H2,1-9H3,(H,23,24). The third-order valence-electron chi connectivity index (χ3n) is 8.55. The zero-order chi connectivity index (χ0) is 26.9. The maximum atomic E-state index is 11.4. The Bertz CT molecular complexity index is 767. The molecule has 0 aromatic carbocycles. The lowest BCUT2D eigenvalue weighted by Gasteiger charge is -2.65. The Balaban J connectivity index is 3.45. The number of rotatable bonds is 8. The van der Waals surface area contributed by atoms with Gasteiger partial charge < -0.3 is 55.4 Å².